The molecule has 40 heavy (non-hydrogen) atoms. The highest BCUT2D eigenvalue weighted by Gasteiger charge is 2.36. The minimum absolute atomic E-state index is 0.0880. The number of rotatable bonds is 9. The zero-order chi connectivity index (χ0) is 28.6. The van der Waals surface area contributed by atoms with Crippen LogP contribution in [0.2, 0.25) is 10.0 Å². The third-order valence-corrected chi connectivity index (χ3v) is 8.68. The van der Waals surface area contributed by atoms with Crippen LogP contribution in [0.1, 0.15) is 62.5 Å². The van der Waals surface area contributed by atoms with E-state index < -0.39 is 11.2 Å². The molecule has 2 aliphatic heterocycles. The minimum Gasteiger partial charge on any atom is -0.385 e. The Morgan fingerprint density at radius 3 is 1.27 bits per heavy atom. The molecule has 2 aromatic rings. The Labute approximate surface area is 246 Å². The van der Waals surface area contributed by atoms with E-state index in [1.165, 1.54) is 0 Å². The summed E-state index contributed by atoms with van der Waals surface area (Å²) in [6.07, 6.45) is 5.65. The standard InChI is InChI=1S/C30H40Cl2N4O4/c31-25-9-5-23(6-10-25)29(39)13-19-35(20-14-29)27(37)33-17-3-1-2-4-18-34-28(38)36-21-15-30(40,16-22-36)24-7-11-26(32)12-8-24/h5-12,39-40H,1-4,13-22H2,(H,33,37)(H,34,38). The molecule has 0 saturated carbocycles. The van der Waals surface area contributed by atoms with Crippen LogP contribution < -0.4 is 10.6 Å². The van der Waals surface area contributed by atoms with Crippen molar-refractivity contribution in [3.8, 4) is 0 Å². The van der Waals surface area contributed by atoms with Gasteiger partial charge in [-0.2, -0.15) is 0 Å². The Morgan fingerprint density at radius 2 is 0.950 bits per heavy atom. The minimum atomic E-state index is -0.925. The maximum absolute atomic E-state index is 12.5. The van der Waals surface area contributed by atoms with Crippen LogP contribution in [0.25, 0.3) is 0 Å². The molecule has 0 aliphatic carbocycles. The first-order chi connectivity index (χ1) is 19.2. The van der Waals surface area contributed by atoms with Crippen LogP contribution in [0.15, 0.2) is 48.5 Å². The lowest BCUT2D eigenvalue weighted by atomic mass is 9.84. The van der Waals surface area contributed by atoms with Crippen molar-refractivity contribution in [3.63, 3.8) is 0 Å². The van der Waals surface area contributed by atoms with Crippen molar-refractivity contribution in [2.75, 3.05) is 39.3 Å². The Hall–Kier alpha value is -2.52. The summed E-state index contributed by atoms with van der Waals surface area (Å²) in [6.45, 7) is 3.22. The maximum atomic E-state index is 12.5. The topological polar surface area (TPSA) is 105 Å². The molecule has 2 heterocycles. The third kappa shape index (κ3) is 8.03. The van der Waals surface area contributed by atoms with Crippen LogP contribution in [0.5, 0.6) is 0 Å². The number of likely N-dealkylation sites (tertiary alicyclic amines) is 2. The highest BCUT2D eigenvalue weighted by atomic mass is 35.5. The van der Waals surface area contributed by atoms with Gasteiger partial charge in [-0.05, 0) is 73.9 Å². The summed E-state index contributed by atoms with van der Waals surface area (Å²) in [5.41, 5.74) is -0.173. The molecule has 2 aliphatic rings. The van der Waals surface area contributed by atoms with Crippen molar-refractivity contribution >= 4 is 35.3 Å². The maximum Gasteiger partial charge on any atom is 0.317 e. The fourth-order valence-electron chi connectivity index (χ4n) is 5.47. The summed E-state index contributed by atoms with van der Waals surface area (Å²) in [4.78, 5) is 28.6. The first-order valence-electron chi connectivity index (χ1n) is 14.2. The number of nitrogens with zero attached hydrogens (tertiary/aromatic N) is 2. The van der Waals surface area contributed by atoms with Crippen LogP contribution in [-0.4, -0.2) is 71.3 Å². The average molecular weight is 592 g/mol. The van der Waals surface area contributed by atoms with Crippen molar-refractivity contribution in [3.05, 3.63) is 69.7 Å². The van der Waals surface area contributed by atoms with E-state index in [-0.39, 0.29) is 12.1 Å². The number of nitrogens with one attached hydrogen (secondary N) is 2. The fourth-order valence-corrected chi connectivity index (χ4v) is 5.73. The number of hydrogen-bond donors (Lipinski definition) is 4. The van der Waals surface area contributed by atoms with E-state index >= 15 is 0 Å². The van der Waals surface area contributed by atoms with Gasteiger partial charge in [0.05, 0.1) is 11.2 Å². The van der Waals surface area contributed by atoms with E-state index in [4.69, 9.17) is 23.2 Å². The molecule has 4 amide bonds. The molecule has 0 unspecified atom stereocenters. The summed E-state index contributed by atoms with van der Waals surface area (Å²) in [5.74, 6) is 0. The van der Waals surface area contributed by atoms with Crippen LogP contribution >= 0.6 is 23.2 Å². The Bertz CT molecular complexity index is 1020. The number of hydrogen-bond acceptors (Lipinski definition) is 4. The number of piperidine rings is 2. The van der Waals surface area contributed by atoms with Crippen molar-refractivity contribution in [2.45, 2.75) is 62.6 Å². The van der Waals surface area contributed by atoms with E-state index in [1.54, 1.807) is 34.1 Å². The lowest BCUT2D eigenvalue weighted by Crippen LogP contribution is -2.49. The molecular weight excluding hydrogens is 551 g/mol. The number of aliphatic hydroxyl groups is 2. The van der Waals surface area contributed by atoms with Crippen LogP contribution in [0, 0.1) is 0 Å². The van der Waals surface area contributed by atoms with Crippen LogP contribution in [0.4, 0.5) is 9.59 Å². The van der Waals surface area contributed by atoms with Gasteiger partial charge < -0.3 is 30.6 Å². The summed E-state index contributed by atoms with van der Waals surface area (Å²) in [5, 5.41) is 29.2. The van der Waals surface area contributed by atoms with E-state index in [1.807, 2.05) is 24.3 Å². The highest BCUT2D eigenvalue weighted by Crippen LogP contribution is 2.34. The Balaban J connectivity index is 1.03. The van der Waals surface area contributed by atoms with Gasteiger partial charge in [0.25, 0.3) is 0 Å². The van der Waals surface area contributed by atoms with E-state index in [9.17, 15) is 19.8 Å². The van der Waals surface area contributed by atoms with Gasteiger partial charge in [0.2, 0.25) is 0 Å². The molecule has 2 saturated heterocycles. The van der Waals surface area contributed by atoms with Crippen molar-refractivity contribution < 1.29 is 19.8 Å². The van der Waals surface area contributed by atoms with Gasteiger partial charge in [-0.1, -0.05) is 60.3 Å². The number of carbonyl (C=O) groups excluding carboxylic acids is 2. The Kier molecular flexibility index (Phi) is 10.6. The summed E-state index contributed by atoms with van der Waals surface area (Å²) < 4.78 is 0. The molecule has 0 radical (unpaired) electrons. The molecule has 0 atom stereocenters. The van der Waals surface area contributed by atoms with Gasteiger partial charge in [0.1, 0.15) is 0 Å². The van der Waals surface area contributed by atoms with Gasteiger partial charge in [-0.15, -0.1) is 0 Å². The highest BCUT2D eigenvalue weighted by molar-refractivity contribution is 6.30. The average Bonchev–Trinajstić information content (AvgIpc) is 2.95. The Morgan fingerprint density at radius 1 is 0.625 bits per heavy atom. The van der Waals surface area contributed by atoms with Gasteiger partial charge in [0.15, 0.2) is 0 Å². The van der Waals surface area contributed by atoms with Gasteiger partial charge in [0, 0.05) is 49.3 Å². The summed E-state index contributed by atoms with van der Waals surface area (Å²) in [6, 6.07) is 14.3. The smallest absolute Gasteiger partial charge is 0.317 e. The lowest BCUT2D eigenvalue weighted by Gasteiger charge is -2.38. The quantitative estimate of drug-likeness (QED) is 0.300. The molecular formula is C30H40Cl2N4O4. The normalized spacial score (nSPS) is 18.3. The van der Waals surface area contributed by atoms with Crippen molar-refractivity contribution in [1.29, 1.82) is 0 Å². The number of halogens is 2. The number of urea groups is 2. The third-order valence-electron chi connectivity index (χ3n) is 8.17. The predicted octanol–water partition coefficient (Wildman–Crippen LogP) is 5.24. The number of unbranched alkanes of at least 4 members (excludes halogenated alkanes) is 3. The molecule has 4 N–H and O–H groups in total. The molecule has 0 spiro atoms. The largest absolute Gasteiger partial charge is 0.385 e. The summed E-state index contributed by atoms with van der Waals surface area (Å²) in [7, 11) is 0. The van der Waals surface area contributed by atoms with Gasteiger partial charge >= 0.3 is 12.1 Å². The molecule has 10 heteroatoms. The van der Waals surface area contributed by atoms with Crippen molar-refractivity contribution in [2.24, 2.45) is 0 Å². The fraction of sp³-hybridized carbons (Fsp3) is 0.533. The predicted molar refractivity (Wildman–Crippen MR) is 158 cm³/mol. The van der Waals surface area contributed by atoms with Crippen LogP contribution in [0.3, 0.4) is 0 Å². The molecule has 4 rings (SSSR count). The first kappa shape index (κ1) is 30.4. The van der Waals surface area contributed by atoms with Crippen molar-refractivity contribution in [1.82, 2.24) is 20.4 Å². The number of carbonyl (C=O) groups is 2. The molecule has 0 aromatic heterocycles. The second-order valence-electron chi connectivity index (χ2n) is 10.9. The number of benzene rings is 2. The first-order valence-corrected chi connectivity index (χ1v) is 15.0. The summed E-state index contributed by atoms with van der Waals surface area (Å²) >= 11 is 11.9. The second kappa shape index (κ2) is 13.9. The zero-order valence-corrected chi connectivity index (χ0v) is 24.4. The van der Waals surface area contributed by atoms with E-state index in [2.05, 4.69) is 10.6 Å². The van der Waals surface area contributed by atoms with Gasteiger partial charge in [-0.3, -0.25) is 0 Å². The second-order valence-corrected chi connectivity index (χ2v) is 11.8. The molecule has 2 aromatic carbocycles. The molecule has 218 valence electrons. The van der Waals surface area contributed by atoms with E-state index in [0.29, 0.717) is 75.0 Å². The van der Waals surface area contributed by atoms with Gasteiger partial charge in [-0.25, -0.2) is 9.59 Å². The zero-order valence-electron chi connectivity index (χ0n) is 22.9. The molecule has 0 bridgehead atoms. The number of amides is 4. The lowest BCUT2D eigenvalue weighted by molar-refractivity contribution is -0.0173. The molecule has 2 fully saturated rings. The monoisotopic (exact) mass is 590 g/mol. The molecule has 8 nitrogen and oxygen atoms in total. The van der Waals surface area contributed by atoms with Crippen LogP contribution in [-0.2, 0) is 11.2 Å². The SMILES string of the molecule is O=C(NCCCCCCNC(=O)N1CCC(O)(c2ccc(Cl)cc2)CC1)N1CCC(O)(c2ccc(Cl)cc2)CC1. The van der Waals surface area contributed by atoms with E-state index in [0.717, 1.165) is 36.8 Å².